The maximum absolute atomic E-state index is 2.99. The molecular formula is C40H50Cl2P2Zr2-2. The molecule has 0 aliphatic heterocycles. The molecule has 0 bridgehead atoms. The molecule has 0 nitrogen and oxygen atoms in total. The summed E-state index contributed by atoms with van der Waals surface area (Å²) < 4.78 is 0. The van der Waals surface area contributed by atoms with Crippen molar-refractivity contribution in [1.82, 2.24) is 0 Å². The van der Waals surface area contributed by atoms with Crippen LogP contribution in [0.1, 0.15) is 66.2 Å². The first kappa shape index (κ1) is 47.9. The van der Waals surface area contributed by atoms with Gasteiger partial charge in [0.15, 0.2) is 0 Å². The van der Waals surface area contributed by atoms with E-state index < -0.39 is 0 Å². The smallest absolute Gasteiger partial charge is 1.00 e. The number of halogens is 2. The fourth-order valence-corrected chi connectivity index (χ4v) is 10.1. The van der Waals surface area contributed by atoms with Crippen LogP contribution in [0.4, 0.5) is 0 Å². The van der Waals surface area contributed by atoms with Crippen molar-refractivity contribution in [3.63, 3.8) is 0 Å². The number of benzene rings is 2. The van der Waals surface area contributed by atoms with E-state index in [1.165, 1.54) is 71.9 Å². The number of allylic oxidation sites excluding steroid dienone is 8. The van der Waals surface area contributed by atoms with Gasteiger partial charge in [-0.15, -0.1) is 93.5 Å². The van der Waals surface area contributed by atoms with Crippen molar-refractivity contribution in [2.75, 3.05) is 24.6 Å². The van der Waals surface area contributed by atoms with Gasteiger partial charge in [-0.2, -0.15) is 24.3 Å². The Hall–Kier alpha value is -0.174. The second kappa shape index (κ2) is 29.7. The third kappa shape index (κ3) is 17.5. The zero-order valence-corrected chi connectivity index (χ0v) is 36.3. The van der Waals surface area contributed by atoms with Crippen LogP contribution in [0.25, 0.3) is 21.5 Å². The van der Waals surface area contributed by atoms with Crippen molar-refractivity contribution in [1.29, 1.82) is 0 Å². The van der Waals surface area contributed by atoms with Crippen molar-refractivity contribution in [3.8, 4) is 0 Å². The SMILES string of the molecule is CCCP(CCC)c1cc2ccccc2[cH-]1.CCCP(CCC)c1cc2ccccc2[cH-]1.[C-]1=CC=CC1.[C-]1=CC=CC1.[Cl-].[Cl-].[Zr+2].[Zr+2]. The van der Waals surface area contributed by atoms with Crippen LogP contribution in [0.15, 0.2) is 109 Å². The Bertz CT molecular complexity index is 1210. The van der Waals surface area contributed by atoms with Crippen LogP contribution >= 0.6 is 15.8 Å². The summed E-state index contributed by atoms with van der Waals surface area (Å²) in [4.78, 5) is 0. The first-order chi connectivity index (χ1) is 20.7. The van der Waals surface area contributed by atoms with Crippen molar-refractivity contribution >= 4 is 48.0 Å². The van der Waals surface area contributed by atoms with Crippen LogP contribution in [0.5, 0.6) is 0 Å². The van der Waals surface area contributed by atoms with E-state index >= 15 is 0 Å². The monoisotopic (exact) mass is 842 g/mol. The minimum absolute atomic E-state index is 0. The van der Waals surface area contributed by atoms with Gasteiger partial charge in [0.25, 0.3) is 0 Å². The van der Waals surface area contributed by atoms with Gasteiger partial charge in [-0.05, 0) is 24.6 Å². The number of hydrogen-bond donors (Lipinski definition) is 0. The number of hydrogen-bond acceptors (Lipinski definition) is 0. The molecule has 0 amide bonds. The van der Waals surface area contributed by atoms with Crippen molar-refractivity contribution in [3.05, 3.63) is 121 Å². The molecular weight excluding hydrogens is 796 g/mol. The molecule has 0 N–H and O–H groups in total. The van der Waals surface area contributed by atoms with Crippen LogP contribution in [-0.4, -0.2) is 24.6 Å². The van der Waals surface area contributed by atoms with Crippen LogP contribution in [0.3, 0.4) is 0 Å². The first-order valence-corrected chi connectivity index (χ1v) is 19.4. The molecule has 6 heteroatoms. The maximum atomic E-state index is 2.99. The Morgan fingerprint density at radius 3 is 1.15 bits per heavy atom. The third-order valence-corrected chi connectivity index (χ3v) is 13.0. The summed E-state index contributed by atoms with van der Waals surface area (Å²) in [5.74, 6) is 0. The van der Waals surface area contributed by atoms with Crippen molar-refractivity contribution in [2.45, 2.75) is 66.2 Å². The largest absolute Gasteiger partial charge is 2.00 e. The Morgan fingerprint density at radius 2 is 0.913 bits per heavy atom. The molecule has 244 valence electrons. The summed E-state index contributed by atoms with van der Waals surface area (Å²) in [6, 6.07) is 27.1. The average molecular weight is 846 g/mol. The number of fused-ring (bicyclic) bond motifs is 2. The summed E-state index contributed by atoms with van der Waals surface area (Å²) in [7, 11) is 0.194. The maximum Gasteiger partial charge on any atom is 2.00 e. The van der Waals surface area contributed by atoms with Crippen LogP contribution in [0, 0.1) is 12.2 Å². The molecule has 0 fully saturated rings. The molecule has 4 aromatic carbocycles. The van der Waals surface area contributed by atoms with Crippen LogP contribution in [-0.2, 0) is 52.4 Å². The molecule has 0 aromatic heterocycles. The van der Waals surface area contributed by atoms with Gasteiger partial charge < -0.3 is 24.8 Å². The molecule has 0 heterocycles. The molecule has 2 aliphatic carbocycles. The molecule has 0 radical (unpaired) electrons. The standard InChI is InChI=1S/2C15H20P.2C5H5.2ClH.2Zr/c2*1-3-9-16(10-4-2)15-11-13-7-5-6-8-14(13)12-15;2*1-2-4-5-3-1;;;;/h2*5-8,11-12H,3-4,9-10H2,1-2H3;2*1-3H,4H2;2*1H;;/q4*-1;;;2*+2/p-2. The second-order valence-corrected chi connectivity index (χ2v) is 15.6. The summed E-state index contributed by atoms with van der Waals surface area (Å²) in [6.45, 7) is 9.20. The van der Waals surface area contributed by atoms with E-state index in [0.717, 1.165) is 12.8 Å². The number of rotatable bonds is 10. The minimum Gasteiger partial charge on any atom is -1.00 e. The van der Waals surface area contributed by atoms with Gasteiger partial charge >= 0.3 is 52.4 Å². The Morgan fingerprint density at radius 1 is 0.565 bits per heavy atom. The first-order valence-electron chi connectivity index (χ1n) is 15.9. The molecule has 4 aromatic rings. The van der Waals surface area contributed by atoms with E-state index in [4.69, 9.17) is 0 Å². The third-order valence-electron chi connectivity index (χ3n) is 7.08. The minimum atomic E-state index is 0. The van der Waals surface area contributed by atoms with Gasteiger partial charge in [-0.25, -0.2) is 24.3 Å². The molecule has 0 atom stereocenters. The van der Waals surface area contributed by atoms with E-state index in [0.29, 0.717) is 0 Å². The summed E-state index contributed by atoms with van der Waals surface area (Å²) in [6.07, 6.45) is 30.8. The summed E-state index contributed by atoms with van der Waals surface area (Å²) in [5, 5.41) is 8.88. The van der Waals surface area contributed by atoms with Crippen LogP contribution in [0.2, 0.25) is 0 Å². The van der Waals surface area contributed by atoms with E-state index in [-0.39, 0.29) is 93.1 Å². The Kier molecular flexibility index (Phi) is 31.0. The molecule has 0 saturated carbocycles. The van der Waals surface area contributed by atoms with Gasteiger partial charge in [-0.1, -0.05) is 81.4 Å². The predicted molar refractivity (Wildman–Crippen MR) is 196 cm³/mol. The normalized spacial score (nSPS) is 11.8. The molecule has 0 saturated heterocycles. The quantitative estimate of drug-likeness (QED) is 0.145. The van der Waals surface area contributed by atoms with E-state index in [1.54, 1.807) is 10.6 Å². The topological polar surface area (TPSA) is 0 Å². The van der Waals surface area contributed by atoms with Gasteiger partial charge in [0.1, 0.15) is 0 Å². The van der Waals surface area contributed by atoms with Gasteiger partial charge in [0.2, 0.25) is 0 Å². The molecule has 46 heavy (non-hydrogen) atoms. The zero-order valence-electron chi connectivity index (χ0n) is 28.1. The predicted octanol–water partition coefficient (Wildman–Crippen LogP) is 5.59. The fraction of sp³-hybridized carbons (Fsp3) is 0.350. The van der Waals surface area contributed by atoms with Crippen molar-refractivity contribution < 1.29 is 77.2 Å². The molecule has 6 rings (SSSR count). The molecule has 0 spiro atoms. The van der Waals surface area contributed by atoms with Gasteiger partial charge in [-0.3, -0.25) is 12.2 Å². The molecule has 2 aliphatic rings. The van der Waals surface area contributed by atoms with Crippen LogP contribution < -0.4 is 35.4 Å². The summed E-state index contributed by atoms with van der Waals surface area (Å²) in [5.41, 5.74) is 0. The van der Waals surface area contributed by atoms with Crippen molar-refractivity contribution in [2.24, 2.45) is 0 Å². The zero-order chi connectivity index (χ0) is 29.8. The second-order valence-electron chi connectivity index (χ2n) is 10.7. The van der Waals surface area contributed by atoms with E-state index in [9.17, 15) is 0 Å². The van der Waals surface area contributed by atoms with E-state index in [1.807, 2.05) is 24.3 Å². The Labute approximate surface area is 334 Å². The Balaban J connectivity index is 0. The average Bonchev–Trinajstić information content (AvgIpc) is 3.85. The summed E-state index contributed by atoms with van der Waals surface area (Å²) >= 11 is 0. The molecule has 0 unspecified atom stereocenters. The van der Waals surface area contributed by atoms with Gasteiger partial charge in [0, 0.05) is 0 Å². The van der Waals surface area contributed by atoms with E-state index in [2.05, 4.69) is 125 Å². The fourth-order valence-electron chi connectivity index (χ4n) is 5.13. The van der Waals surface area contributed by atoms with Gasteiger partial charge in [0.05, 0.1) is 0 Å².